The van der Waals surface area contributed by atoms with Crippen LogP contribution in [-0.2, 0) is 6.54 Å². The molecule has 0 saturated heterocycles. The van der Waals surface area contributed by atoms with Crippen molar-refractivity contribution in [1.82, 2.24) is 9.47 Å². The van der Waals surface area contributed by atoms with Gasteiger partial charge in [0.2, 0.25) is 0 Å². The van der Waals surface area contributed by atoms with E-state index in [0.29, 0.717) is 18.7 Å². The van der Waals surface area contributed by atoms with Crippen molar-refractivity contribution >= 4 is 5.91 Å². The fourth-order valence-electron chi connectivity index (χ4n) is 3.86. The maximum atomic E-state index is 13.2. The maximum Gasteiger partial charge on any atom is 0.256 e. The topological polar surface area (TPSA) is 45.5 Å². The number of hydrogen-bond donors (Lipinski definition) is 1. The van der Waals surface area contributed by atoms with Crippen LogP contribution in [0.1, 0.15) is 39.0 Å². The minimum atomic E-state index is -0.637. The number of hydrogen-bond acceptors (Lipinski definition) is 2. The molecule has 0 aliphatic carbocycles. The summed E-state index contributed by atoms with van der Waals surface area (Å²) < 4.78 is 2.10. The number of rotatable bonds is 2. The molecule has 132 valence electrons. The standard InChI is InChI=1S/C22H22N2O2/c1-15-12-20(16(2)24(15)18-9-4-3-5-10-18)22(26)23-13-17-8-6-7-11-19(17)21(25)14-23/h3-12,21,25H,13-14H2,1-2H3/t21-/m1/s1. The van der Waals surface area contributed by atoms with Crippen molar-refractivity contribution in [2.24, 2.45) is 0 Å². The Morgan fingerprint density at radius 2 is 1.73 bits per heavy atom. The Morgan fingerprint density at radius 3 is 2.50 bits per heavy atom. The minimum absolute atomic E-state index is 0.0335. The number of aliphatic hydroxyl groups excluding tert-OH is 1. The van der Waals surface area contributed by atoms with E-state index in [9.17, 15) is 9.90 Å². The molecule has 1 aliphatic rings. The third kappa shape index (κ3) is 2.72. The number of carbonyl (C=O) groups excluding carboxylic acids is 1. The first kappa shape index (κ1) is 16.6. The first-order chi connectivity index (χ1) is 12.6. The summed E-state index contributed by atoms with van der Waals surface area (Å²) in [5.74, 6) is -0.0335. The molecule has 0 radical (unpaired) electrons. The van der Waals surface area contributed by atoms with Gasteiger partial charge in [0.1, 0.15) is 0 Å². The highest BCUT2D eigenvalue weighted by atomic mass is 16.3. The van der Waals surface area contributed by atoms with Crippen LogP contribution in [0.3, 0.4) is 0 Å². The summed E-state index contributed by atoms with van der Waals surface area (Å²) in [7, 11) is 0. The van der Waals surface area contributed by atoms with Gasteiger partial charge in [0.05, 0.1) is 18.2 Å². The predicted molar refractivity (Wildman–Crippen MR) is 101 cm³/mol. The molecule has 1 aromatic heterocycles. The summed E-state index contributed by atoms with van der Waals surface area (Å²) >= 11 is 0. The monoisotopic (exact) mass is 346 g/mol. The number of aromatic nitrogens is 1. The lowest BCUT2D eigenvalue weighted by Gasteiger charge is -2.32. The average molecular weight is 346 g/mol. The molecule has 1 atom stereocenters. The number of nitrogens with zero attached hydrogens (tertiary/aromatic N) is 2. The Morgan fingerprint density at radius 1 is 1.04 bits per heavy atom. The first-order valence-electron chi connectivity index (χ1n) is 8.86. The third-order valence-corrected chi connectivity index (χ3v) is 5.13. The Hall–Kier alpha value is -2.85. The van der Waals surface area contributed by atoms with Gasteiger partial charge in [-0.1, -0.05) is 42.5 Å². The molecular weight excluding hydrogens is 324 g/mol. The molecule has 2 aromatic carbocycles. The smallest absolute Gasteiger partial charge is 0.256 e. The predicted octanol–water partition coefficient (Wildman–Crippen LogP) is 3.78. The minimum Gasteiger partial charge on any atom is -0.387 e. The van der Waals surface area contributed by atoms with E-state index < -0.39 is 6.10 Å². The molecule has 0 unspecified atom stereocenters. The Labute approximate surface area is 153 Å². The van der Waals surface area contributed by atoms with Gasteiger partial charge >= 0.3 is 0 Å². The largest absolute Gasteiger partial charge is 0.387 e. The molecule has 0 saturated carbocycles. The molecule has 1 amide bonds. The second-order valence-corrected chi connectivity index (χ2v) is 6.86. The van der Waals surface area contributed by atoms with E-state index in [2.05, 4.69) is 4.57 Å². The summed E-state index contributed by atoms with van der Waals surface area (Å²) in [6, 6.07) is 19.8. The molecular formula is C22H22N2O2. The van der Waals surface area contributed by atoms with Crippen molar-refractivity contribution in [3.05, 3.63) is 88.7 Å². The van der Waals surface area contributed by atoms with Gasteiger partial charge in [-0.2, -0.15) is 0 Å². The van der Waals surface area contributed by atoms with E-state index in [1.54, 1.807) is 4.90 Å². The number of aryl methyl sites for hydroxylation is 1. The van der Waals surface area contributed by atoms with Gasteiger partial charge < -0.3 is 14.6 Å². The highest BCUT2D eigenvalue weighted by Crippen LogP contribution is 2.29. The summed E-state index contributed by atoms with van der Waals surface area (Å²) in [4.78, 5) is 14.9. The average Bonchev–Trinajstić information content (AvgIpc) is 2.96. The van der Waals surface area contributed by atoms with Crippen LogP contribution < -0.4 is 0 Å². The molecule has 4 heteroatoms. The fraction of sp³-hybridized carbons (Fsp3) is 0.227. The zero-order chi connectivity index (χ0) is 18.3. The van der Waals surface area contributed by atoms with Gasteiger partial charge in [-0.15, -0.1) is 0 Å². The molecule has 2 heterocycles. The van der Waals surface area contributed by atoms with E-state index in [1.807, 2.05) is 74.5 Å². The van der Waals surface area contributed by atoms with Crippen LogP contribution >= 0.6 is 0 Å². The number of amides is 1. The second-order valence-electron chi connectivity index (χ2n) is 6.86. The van der Waals surface area contributed by atoms with Crippen molar-refractivity contribution in [3.8, 4) is 5.69 Å². The van der Waals surface area contributed by atoms with Gasteiger partial charge in [0, 0.05) is 23.6 Å². The van der Waals surface area contributed by atoms with Gasteiger partial charge in [0.25, 0.3) is 5.91 Å². The van der Waals surface area contributed by atoms with Crippen molar-refractivity contribution < 1.29 is 9.90 Å². The number of β-amino-alcohol motifs (C(OH)–C–C–N with tert-alkyl or cyclic N) is 1. The molecule has 3 aromatic rings. The summed E-state index contributed by atoms with van der Waals surface area (Å²) in [6.45, 7) is 4.84. The normalized spacial score (nSPS) is 16.4. The highest BCUT2D eigenvalue weighted by molar-refractivity contribution is 5.96. The van der Waals surface area contributed by atoms with Crippen molar-refractivity contribution in [1.29, 1.82) is 0 Å². The zero-order valence-electron chi connectivity index (χ0n) is 15.0. The molecule has 26 heavy (non-hydrogen) atoms. The maximum absolute atomic E-state index is 13.2. The number of carbonyl (C=O) groups is 1. The molecule has 0 bridgehead atoms. The van der Waals surface area contributed by atoms with Gasteiger partial charge in [0.15, 0.2) is 0 Å². The Balaban J connectivity index is 1.68. The molecule has 0 fully saturated rings. The lowest BCUT2D eigenvalue weighted by atomic mass is 9.97. The van der Waals surface area contributed by atoms with Crippen molar-refractivity contribution in [2.45, 2.75) is 26.5 Å². The lowest BCUT2D eigenvalue weighted by molar-refractivity contribution is 0.0549. The summed E-state index contributed by atoms with van der Waals surface area (Å²) in [6.07, 6.45) is -0.637. The molecule has 1 N–H and O–H groups in total. The summed E-state index contributed by atoms with van der Waals surface area (Å²) in [5.41, 5.74) is 5.62. The van der Waals surface area contributed by atoms with Crippen LogP contribution in [0.15, 0.2) is 60.7 Å². The van der Waals surface area contributed by atoms with E-state index >= 15 is 0 Å². The lowest BCUT2D eigenvalue weighted by Crippen LogP contribution is -2.38. The summed E-state index contributed by atoms with van der Waals surface area (Å²) in [5, 5.41) is 10.4. The van der Waals surface area contributed by atoms with Crippen LogP contribution in [0.4, 0.5) is 0 Å². The van der Waals surface area contributed by atoms with E-state index in [0.717, 1.165) is 28.2 Å². The van der Waals surface area contributed by atoms with E-state index in [-0.39, 0.29) is 5.91 Å². The fourth-order valence-corrected chi connectivity index (χ4v) is 3.86. The van der Waals surface area contributed by atoms with E-state index in [1.165, 1.54) is 0 Å². The van der Waals surface area contributed by atoms with Crippen LogP contribution in [0.25, 0.3) is 5.69 Å². The third-order valence-electron chi connectivity index (χ3n) is 5.13. The van der Waals surface area contributed by atoms with Crippen LogP contribution in [0.5, 0.6) is 0 Å². The molecule has 0 spiro atoms. The number of aliphatic hydroxyl groups is 1. The van der Waals surface area contributed by atoms with Gasteiger partial charge in [-0.25, -0.2) is 0 Å². The number of para-hydroxylation sites is 1. The molecule has 4 rings (SSSR count). The first-order valence-corrected chi connectivity index (χ1v) is 8.86. The molecule has 1 aliphatic heterocycles. The van der Waals surface area contributed by atoms with Crippen LogP contribution in [0.2, 0.25) is 0 Å². The number of benzene rings is 2. The zero-order valence-corrected chi connectivity index (χ0v) is 15.0. The second kappa shape index (κ2) is 6.46. The number of fused-ring (bicyclic) bond motifs is 1. The van der Waals surface area contributed by atoms with Crippen molar-refractivity contribution in [3.63, 3.8) is 0 Å². The highest BCUT2D eigenvalue weighted by Gasteiger charge is 2.29. The van der Waals surface area contributed by atoms with E-state index in [4.69, 9.17) is 0 Å². The van der Waals surface area contributed by atoms with Gasteiger partial charge in [-0.3, -0.25) is 4.79 Å². The van der Waals surface area contributed by atoms with Crippen molar-refractivity contribution in [2.75, 3.05) is 6.54 Å². The SMILES string of the molecule is Cc1cc(C(=O)N2Cc3ccccc3[C@H](O)C2)c(C)n1-c1ccccc1. The molecule has 4 nitrogen and oxygen atoms in total. The van der Waals surface area contributed by atoms with Crippen LogP contribution in [-0.4, -0.2) is 27.0 Å². The Kier molecular flexibility index (Phi) is 4.13. The van der Waals surface area contributed by atoms with Crippen LogP contribution in [0, 0.1) is 13.8 Å². The van der Waals surface area contributed by atoms with Gasteiger partial charge in [-0.05, 0) is 43.2 Å². The Bertz CT molecular complexity index is 960. The quantitative estimate of drug-likeness (QED) is 0.767.